The van der Waals surface area contributed by atoms with E-state index in [-0.39, 0.29) is 11.6 Å². The molecule has 41 heavy (non-hydrogen) atoms. The predicted octanol–water partition coefficient (Wildman–Crippen LogP) is 5.30. The van der Waals surface area contributed by atoms with Gasteiger partial charge in [-0.1, -0.05) is 12.1 Å². The number of alkyl halides is 3. The molecule has 1 aliphatic rings. The number of alkyl carbamates (subject to hydrolysis) is 1. The summed E-state index contributed by atoms with van der Waals surface area (Å²) in [7, 11) is -5.80. The topological polar surface area (TPSA) is 116 Å². The molecular formula is C27H28F3N5O5S. The number of amides is 1. The molecular weight excluding hydrogens is 563 g/mol. The minimum Gasteiger partial charge on any atom is -0.444 e. The third-order valence-corrected chi connectivity index (χ3v) is 7.47. The van der Waals surface area contributed by atoms with Crippen LogP contribution in [-0.4, -0.2) is 59.3 Å². The molecule has 4 aromatic rings. The Labute approximate surface area is 234 Å². The van der Waals surface area contributed by atoms with Crippen molar-refractivity contribution in [3.05, 3.63) is 54.9 Å². The van der Waals surface area contributed by atoms with Crippen LogP contribution in [0.2, 0.25) is 0 Å². The maximum Gasteiger partial charge on any atom is 0.534 e. The number of fused-ring (bicyclic) bond motifs is 2. The molecule has 3 heterocycles. The first kappa shape index (κ1) is 28.5. The molecule has 218 valence electrons. The van der Waals surface area contributed by atoms with E-state index in [9.17, 15) is 26.4 Å². The standard InChI is InChI=1S/C27H28F3N5O5S/c1-26(2,3)39-25(36)32-18-11-13-34(14-12-18)22-6-4-5-17-7-10-23(33-24(17)22)35-16-31-20-15-19(8-9-21(20)35)40-41(37,38)27(28,29)30/h4-10,15-16,18H,11-14H2,1-3H3,(H,32,36). The fourth-order valence-corrected chi connectivity index (χ4v) is 5.10. The van der Waals surface area contributed by atoms with Gasteiger partial charge < -0.3 is 19.1 Å². The van der Waals surface area contributed by atoms with Crippen LogP contribution in [-0.2, 0) is 14.9 Å². The van der Waals surface area contributed by atoms with E-state index in [2.05, 4.69) is 19.4 Å². The SMILES string of the molecule is CC(C)(C)OC(=O)NC1CCN(c2cccc3ccc(-n4cnc5cc(OS(=O)(=O)C(F)(F)F)ccc54)nc23)CC1. The molecule has 0 saturated carbocycles. The summed E-state index contributed by atoms with van der Waals surface area (Å²) in [6.45, 7) is 6.85. The summed E-state index contributed by atoms with van der Waals surface area (Å²) in [5.74, 6) is 0.0175. The molecule has 1 fully saturated rings. The van der Waals surface area contributed by atoms with Gasteiger partial charge in [0, 0.05) is 30.6 Å². The zero-order valence-electron chi connectivity index (χ0n) is 22.5. The summed E-state index contributed by atoms with van der Waals surface area (Å²) in [5, 5.41) is 3.86. The van der Waals surface area contributed by atoms with Gasteiger partial charge in [0.05, 0.1) is 22.2 Å². The summed E-state index contributed by atoms with van der Waals surface area (Å²) in [5.41, 5.74) is -3.70. The van der Waals surface area contributed by atoms with Gasteiger partial charge in [0.15, 0.2) is 0 Å². The van der Waals surface area contributed by atoms with E-state index in [0.29, 0.717) is 24.4 Å². The average Bonchev–Trinajstić information content (AvgIpc) is 3.30. The second kappa shape index (κ2) is 10.4. The Morgan fingerprint density at radius 1 is 1.05 bits per heavy atom. The molecule has 0 atom stereocenters. The van der Waals surface area contributed by atoms with Crippen LogP contribution in [0.1, 0.15) is 33.6 Å². The first-order valence-electron chi connectivity index (χ1n) is 12.8. The van der Waals surface area contributed by atoms with Crippen molar-refractivity contribution >= 4 is 43.8 Å². The number of ether oxygens (including phenoxy) is 1. The van der Waals surface area contributed by atoms with Crippen molar-refractivity contribution in [2.45, 2.75) is 50.8 Å². The van der Waals surface area contributed by atoms with E-state index in [4.69, 9.17) is 9.72 Å². The molecule has 2 aromatic heterocycles. The number of anilines is 1. The molecule has 5 rings (SSSR count). The van der Waals surface area contributed by atoms with Gasteiger partial charge >= 0.3 is 21.7 Å². The molecule has 0 spiro atoms. The summed E-state index contributed by atoms with van der Waals surface area (Å²) < 4.78 is 72.1. The van der Waals surface area contributed by atoms with Crippen LogP contribution in [0.15, 0.2) is 54.9 Å². The van der Waals surface area contributed by atoms with E-state index >= 15 is 0 Å². The zero-order valence-corrected chi connectivity index (χ0v) is 23.3. The number of nitrogens with zero attached hydrogens (tertiary/aromatic N) is 4. The van der Waals surface area contributed by atoms with Crippen LogP contribution >= 0.6 is 0 Å². The third kappa shape index (κ3) is 6.16. The van der Waals surface area contributed by atoms with Gasteiger partial charge in [0.25, 0.3) is 0 Å². The Kier molecular flexibility index (Phi) is 7.22. The minimum atomic E-state index is -5.80. The lowest BCUT2D eigenvalue weighted by atomic mass is 10.0. The molecule has 10 nitrogen and oxygen atoms in total. The maximum absolute atomic E-state index is 12.7. The second-order valence-corrected chi connectivity index (χ2v) is 12.2. The summed E-state index contributed by atoms with van der Waals surface area (Å²) in [6, 6.07) is 13.3. The molecule has 1 amide bonds. The highest BCUT2D eigenvalue weighted by atomic mass is 32.2. The number of pyridine rings is 1. The Bertz CT molecular complexity index is 1710. The fourth-order valence-electron chi connectivity index (χ4n) is 4.65. The minimum absolute atomic E-state index is 0.00287. The number of hydrogen-bond donors (Lipinski definition) is 1. The molecule has 2 aromatic carbocycles. The van der Waals surface area contributed by atoms with E-state index in [1.54, 1.807) is 10.6 Å². The molecule has 14 heteroatoms. The number of nitrogens with one attached hydrogen (secondary N) is 1. The van der Waals surface area contributed by atoms with Gasteiger partial charge in [0.1, 0.15) is 23.5 Å². The molecule has 1 aliphatic heterocycles. The summed E-state index contributed by atoms with van der Waals surface area (Å²) >= 11 is 0. The van der Waals surface area contributed by atoms with Crippen LogP contribution in [0, 0.1) is 0 Å². The lowest BCUT2D eigenvalue weighted by Crippen LogP contribution is -2.46. The Morgan fingerprint density at radius 2 is 1.78 bits per heavy atom. The summed E-state index contributed by atoms with van der Waals surface area (Å²) in [4.78, 5) is 23.5. The molecule has 1 N–H and O–H groups in total. The van der Waals surface area contributed by atoms with Gasteiger partial charge in [-0.05, 0) is 63.9 Å². The lowest BCUT2D eigenvalue weighted by molar-refractivity contribution is -0.0500. The highest BCUT2D eigenvalue weighted by molar-refractivity contribution is 7.88. The van der Waals surface area contributed by atoms with Crippen LogP contribution < -0.4 is 14.4 Å². The number of carbonyl (C=O) groups is 1. The normalized spacial score (nSPS) is 15.3. The van der Waals surface area contributed by atoms with Crippen LogP contribution in [0.3, 0.4) is 0 Å². The highest BCUT2D eigenvalue weighted by Gasteiger charge is 2.48. The molecule has 1 saturated heterocycles. The van der Waals surface area contributed by atoms with Gasteiger partial charge in [0.2, 0.25) is 0 Å². The monoisotopic (exact) mass is 591 g/mol. The van der Waals surface area contributed by atoms with Crippen molar-refractivity contribution in [2.75, 3.05) is 18.0 Å². The van der Waals surface area contributed by atoms with Crippen molar-refractivity contribution < 1.29 is 35.3 Å². The summed E-state index contributed by atoms with van der Waals surface area (Å²) in [6.07, 6.45) is 2.49. The third-order valence-electron chi connectivity index (χ3n) is 6.50. The number of halogens is 3. The highest BCUT2D eigenvalue weighted by Crippen LogP contribution is 2.31. The Morgan fingerprint density at radius 3 is 2.46 bits per heavy atom. The maximum atomic E-state index is 12.7. The second-order valence-electron chi connectivity index (χ2n) is 10.7. The number of para-hydroxylation sites is 1. The number of benzene rings is 2. The predicted molar refractivity (Wildman–Crippen MR) is 147 cm³/mol. The number of hydrogen-bond acceptors (Lipinski definition) is 8. The average molecular weight is 592 g/mol. The molecule has 0 aliphatic carbocycles. The number of carbonyl (C=O) groups excluding carboxylic acids is 1. The van der Waals surface area contributed by atoms with Crippen molar-refractivity contribution in [2.24, 2.45) is 0 Å². The van der Waals surface area contributed by atoms with Gasteiger partial charge in [-0.15, -0.1) is 0 Å². The number of piperidine rings is 1. The smallest absolute Gasteiger partial charge is 0.444 e. The molecule has 0 unspecified atom stereocenters. The van der Waals surface area contributed by atoms with E-state index in [1.807, 2.05) is 45.0 Å². The largest absolute Gasteiger partial charge is 0.534 e. The van der Waals surface area contributed by atoms with Crippen LogP contribution in [0.5, 0.6) is 5.75 Å². The first-order valence-corrected chi connectivity index (χ1v) is 14.2. The van der Waals surface area contributed by atoms with Crippen LogP contribution in [0.25, 0.3) is 27.8 Å². The first-order chi connectivity index (χ1) is 19.2. The molecule has 0 bridgehead atoms. The van der Waals surface area contributed by atoms with Crippen molar-refractivity contribution in [3.8, 4) is 11.6 Å². The van der Waals surface area contributed by atoms with Crippen LogP contribution in [0.4, 0.5) is 23.7 Å². The Hall–Kier alpha value is -4.07. The van der Waals surface area contributed by atoms with E-state index < -0.39 is 33.1 Å². The van der Waals surface area contributed by atoms with Crippen molar-refractivity contribution in [3.63, 3.8) is 0 Å². The molecule has 0 radical (unpaired) electrons. The van der Waals surface area contributed by atoms with E-state index in [1.165, 1.54) is 12.4 Å². The quantitative estimate of drug-likeness (QED) is 0.246. The number of aromatic nitrogens is 3. The Balaban J connectivity index is 1.37. The van der Waals surface area contributed by atoms with Gasteiger partial charge in [-0.2, -0.15) is 21.6 Å². The van der Waals surface area contributed by atoms with Crippen molar-refractivity contribution in [1.29, 1.82) is 0 Å². The lowest BCUT2D eigenvalue weighted by Gasteiger charge is -2.34. The van der Waals surface area contributed by atoms with Gasteiger partial charge in [-0.25, -0.2) is 14.8 Å². The number of rotatable bonds is 5. The zero-order chi connectivity index (χ0) is 29.6. The number of imidazole rings is 1. The van der Waals surface area contributed by atoms with Crippen molar-refractivity contribution in [1.82, 2.24) is 19.9 Å². The van der Waals surface area contributed by atoms with Gasteiger partial charge in [-0.3, -0.25) is 4.57 Å². The fraction of sp³-hybridized carbons (Fsp3) is 0.370. The van der Waals surface area contributed by atoms with E-state index in [0.717, 1.165) is 41.6 Å².